The van der Waals surface area contributed by atoms with Gasteiger partial charge in [-0.1, -0.05) is 17.7 Å². The minimum atomic E-state index is -0.142. The Labute approximate surface area is 110 Å². The average molecular weight is 265 g/mol. The zero-order chi connectivity index (χ0) is 13.0. The molecule has 0 aliphatic rings. The molecule has 0 atom stereocenters. The molecule has 0 unspecified atom stereocenters. The molecule has 0 radical (unpaired) electrons. The predicted octanol–water partition coefficient (Wildman–Crippen LogP) is 1.74. The quantitative estimate of drug-likeness (QED) is 0.884. The molecular weight excluding hydrogens is 252 g/mol. The second-order valence-corrected chi connectivity index (χ2v) is 4.31. The zero-order valence-corrected chi connectivity index (χ0v) is 10.7. The van der Waals surface area contributed by atoms with Crippen LogP contribution >= 0.6 is 11.6 Å². The molecule has 0 saturated carbocycles. The number of aromatic nitrogens is 3. The number of benzene rings is 1. The van der Waals surface area contributed by atoms with Crippen LogP contribution in [0.1, 0.15) is 21.7 Å². The topological polar surface area (TPSA) is 70.7 Å². The normalized spacial score (nSPS) is 10.3. The Hall–Kier alpha value is -1.88. The fraction of sp³-hybridized carbons (Fsp3) is 0.250. The van der Waals surface area contributed by atoms with Crippen LogP contribution in [0.25, 0.3) is 0 Å². The number of hydrogen-bond acceptors (Lipinski definition) is 3. The first kappa shape index (κ1) is 12.6. The van der Waals surface area contributed by atoms with Gasteiger partial charge in [0.05, 0.1) is 0 Å². The molecule has 1 heterocycles. The van der Waals surface area contributed by atoms with E-state index < -0.39 is 0 Å². The summed E-state index contributed by atoms with van der Waals surface area (Å²) in [5.41, 5.74) is 1.51. The van der Waals surface area contributed by atoms with Gasteiger partial charge in [0, 0.05) is 23.6 Å². The van der Waals surface area contributed by atoms with Crippen molar-refractivity contribution in [2.75, 3.05) is 6.54 Å². The molecule has 6 heteroatoms. The van der Waals surface area contributed by atoms with E-state index in [2.05, 4.69) is 20.5 Å². The largest absolute Gasteiger partial charge is 0.352 e. The smallest absolute Gasteiger partial charge is 0.251 e. The number of amides is 1. The van der Waals surface area contributed by atoms with Crippen molar-refractivity contribution in [1.82, 2.24) is 20.5 Å². The molecule has 0 aliphatic carbocycles. The highest BCUT2D eigenvalue weighted by Crippen LogP contribution is 2.16. The van der Waals surface area contributed by atoms with E-state index in [-0.39, 0.29) is 5.91 Å². The summed E-state index contributed by atoms with van der Waals surface area (Å²) in [5, 5.41) is 9.86. The Bertz CT molecular complexity index is 539. The molecule has 5 nitrogen and oxygen atoms in total. The fourth-order valence-electron chi connectivity index (χ4n) is 1.48. The van der Waals surface area contributed by atoms with Crippen LogP contribution in [0.3, 0.4) is 0 Å². The van der Waals surface area contributed by atoms with Crippen LogP contribution < -0.4 is 5.32 Å². The number of H-pyrrole nitrogens is 1. The second kappa shape index (κ2) is 5.64. The maximum absolute atomic E-state index is 11.8. The number of carbonyl (C=O) groups excluding carboxylic acids is 1. The molecule has 0 saturated heterocycles. The molecule has 0 spiro atoms. The highest BCUT2D eigenvalue weighted by molar-refractivity contribution is 6.31. The first-order valence-corrected chi connectivity index (χ1v) is 5.93. The van der Waals surface area contributed by atoms with Gasteiger partial charge in [0.25, 0.3) is 5.91 Å². The van der Waals surface area contributed by atoms with Crippen molar-refractivity contribution in [3.8, 4) is 0 Å². The van der Waals surface area contributed by atoms with E-state index in [4.69, 9.17) is 11.6 Å². The number of nitrogens with one attached hydrogen (secondary N) is 2. The van der Waals surface area contributed by atoms with E-state index in [0.717, 1.165) is 11.4 Å². The lowest BCUT2D eigenvalue weighted by Gasteiger charge is -2.05. The van der Waals surface area contributed by atoms with Gasteiger partial charge in [0.15, 0.2) is 0 Å². The Balaban J connectivity index is 1.89. The summed E-state index contributed by atoms with van der Waals surface area (Å²) in [7, 11) is 0. The number of rotatable bonds is 4. The Morgan fingerprint density at radius 1 is 1.50 bits per heavy atom. The van der Waals surface area contributed by atoms with Gasteiger partial charge in [-0.3, -0.25) is 9.89 Å². The molecule has 1 aromatic heterocycles. The van der Waals surface area contributed by atoms with Gasteiger partial charge in [-0.15, -0.1) is 0 Å². The molecule has 94 valence electrons. The third-order valence-electron chi connectivity index (χ3n) is 2.55. The zero-order valence-electron chi connectivity index (χ0n) is 9.90. The molecule has 1 amide bonds. The molecule has 2 aromatic rings. The maximum atomic E-state index is 11.8. The Morgan fingerprint density at radius 3 is 3.00 bits per heavy atom. The van der Waals surface area contributed by atoms with Crippen LogP contribution in [-0.4, -0.2) is 27.6 Å². The third-order valence-corrected chi connectivity index (χ3v) is 2.95. The number of aryl methyl sites for hydroxylation is 1. The van der Waals surface area contributed by atoms with E-state index in [1.807, 2.05) is 13.0 Å². The summed E-state index contributed by atoms with van der Waals surface area (Å²) in [6.07, 6.45) is 2.06. The van der Waals surface area contributed by atoms with Gasteiger partial charge in [-0.2, -0.15) is 5.10 Å². The number of nitrogens with zero attached hydrogens (tertiary/aromatic N) is 2. The van der Waals surface area contributed by atoms with E-state index in [1.54, 1.807) is 12.1 Å². The molecular formula is C12H13ClN4O. The molecule has 2 rings (SSSR count). The standard InChI is InChI=1S/C12H13ClN4O/c1-8-2-3-9(6-10(8)13)12(18)14-5-4-11-15-7-16-17-11/h2-3,6-7H,4-5H2,1H3,(H,14,18)(H,15,16,17). The van der Waals surface area contributed by atoms with Gasteiger partial charge in [0.2, 0.25) is 0 Å². The minimum Gasteiger partial charge on any atom is -0.352 e. The molecule has 1 aromatic carbocycles. The summed E-state index contributed by atoms with van der Waals surface area (Å²) in [4.78, 5) is 15.8. The van der Waals surface area contributed by atoms with Crippen molar-refractivity contribution in [3.63, 3.8) is 0 Å². The summed E-state index contributed by atoms with van der Waals surface area (Å²) in [6, 6.07) is 5.25. The highest BCUT2D eigenvalue weighted by atomic mass is 35.5. The molecule has 2 N–H and O–H groups in total. The number of hydrogen-bond donors (Lipinski definition) is 2. The van der Waals surface area contributed by atoms with Crippen LogP contribution in [0.15, 0.2) is 24.5 Å². The molecule has 0 fully saturated rings. The lowest BCUT2D eigenvalue weighted by atomic mass is 10.1. The Morgan fingerprint density at radius 2 is 2.33 bits per heavy atom. The first-order valence-electron chi connectivity index (χ1n) is 5.55. The minimum absolute atomic E-state index is 0.142. The van der Waals surface area contributed by atoms with E-state index >= 15 is 0 Å². The molecule has 0 bridgehead atoms. The van der Waals surface area contributed by atoms with Crippen molar-refractivity contribution < 1.29 is 4.79 Å². The van der Waals surface area contributed by atoms with Crippen molar-refractivity contribution >= 4 is 17.5 Å². The first-order chi connectivity index (χ1) is 8.66. The van der Waals surface area contributed by atoms with Gasteiger partial charge in [-0.25, -0.2) is 4.98 Å². The summed E-state index contributed by atoms with van der Waals surface area (Å²) in [6.45, 7) is 2.40. The maximum Gasteiger partial charge on any atom is 0.251 e. The van der Waals surface area contributed by atoms with Crippen molar-refractivity contribution in [3.05, 3.63) is 46.5 Å². The number of carbonyl (C=O) groups is 1. The van der Waals surface area contributed by atoms with Gasteiger partial charge in [-0.05, 0) is 24.6 Å². The SMILES string of the molecule is Cc1ccc(C(=O)NCCc2ncn[nH]2)cc1Cl. The molecule has 0 aliphatic heterocycles. The van der Waals surface area contributed by atoms with Gasteiger partial charge in [0.1, 0.15) is 12.2 Å². The van der Waals surface area contributed by atoms with Gasteiger partial charge >= 0.3 is 0 Å². The third kappa shape index (κ3) is 3.07. The monoisotopic (exact) mass is 264 g/mol. The summed E-state index contributed by atoms with van der Waals surface area (Å²) >= 11 is 5.97. The van der Waals surface area contributed by atoms with E-state index in [1.165, 1.54) is 6.33 Å². The van der Waals surface area contributed by atoms with Crippen LogP contribution in [0.5, 0.6) is 0 Å². The summed E-state index contributed by atoms with van der Waals surface area (Å²) < 4.78 is 0. The molecule has 18 heavy (non-hydrogen) atoms. The lowest BCUT2D eigenvalue weighted by Crippen LogP contribution is -2.25. The lowest BCUT2D eigenvalue weighted by molar-refractivity contribution is 0.0954. The number of halogens is 1. The number of aromatic amines is 1. The predicted molar refractivity (Wildman–Crippen MR) is 68.6 cm³/mol. The van der Waals surface area contributed by atoms with Crippen LogP contribution in [0.4, 0.5) is 0 Å². The Kier molecular flexibility index (Phi) is 3.94. The van der Waals surface area contributed by atoms with Crippen LogP contribution in [0.2, 0.25) is 5.02 Å². The van der Waals surface area contributed by atoms with Crippen molar-refractivity contribution in [1.29, 1.82) is 0 Å². The van der Waals surface area contributed by atoms with E-state index in [0.29, 0.717) is 23.6 Å². The van der Waals surface area contributed by atoms with Crippen molar-refractivity contribution in [2.24, 2.45) is 0 Å². The highest BCUT2D eigenvalue weighted by Gasteiger charge is 2.07. The summed E-state index contributed by atoms with van der Waals surface area (Å²) in [5.74, 6) is 0.605. The van der Waals surface area contributed by atoms with Gasteiger partial charge < -0.3 is 5.32 Å². The fourth-order valence-corrected chi connectivity index (χ4v) is 1.66. The second-order valence-electron chi connectivity index (χ2n) is 3.90. The van der Waals surface area contributed by atoms with E-state index in [9.17, 15) is 4.79 Å². The van der Waals surface area contributed by atoms with Crippen LogP contribution in [0, 0.1) is 6.92 Å². The average Bonchev–Trinajstić information content (AvgIpc) is 2.85. The van der Waals surface area contributed by atoms with Crippen LogP contribution in [-0.2, 0) is 6.42 Å². The van der Waals surface area contributed by atoms with Crippen molar-refractivity contribution in [2.45, 2.75) is 13.3 Å².